The first-order valence-corrected chi connectivity index (χ1v) is 11.1. The monoisotopic (exact) mass is 409 g/mol. The van der Waals surface area contributed by atoms with Crippen LogP contribution in [0.2, 0.25) is 0 Å². The summed E-state index contributed by atoms with van der Waals surface area (Å²) in [5, 5.41) is 2.69. The Morgan fingerprint density at radius 1 is 0.500 bits per heavy atom. The highest BCUT2D eigenvalue weighted by molar-refractivity contribution is 5.96. The fourth-order valence-electron chi connectivity index (χ4n) is 4.82. The fourth-order valence-corrected chi connectivity index (χ4v) is 4.82. The zero-order valence-corrected chi connectivity index (χ0v) is 17.7. The standard InChI is InChI=1S/C31H23N/c1-3-12-26(13-4-1)32(27-14-5-2-6-15-27)28-20-17-23(18-21-28)29-22-19-25-10-7-9-24-11-8-16-30(29)31(24)25/h1-22,29H. The number of rotatable bonds is 4. The van der Waals surface area contributed by atoms with Crippen molar-refractivity contribution in [3.05, 3.63) is 144 Å². The van der Waals surface area contributed by atoms with Crippen LogP contribution in [0.3, 0.4) is 0 Å². The van der Waals surface area contributed by atoms with Crippen molar-refractivity contribution in [3.63, 3.8) is 0 Å². The topological polar surface area (TPSA) is 3.24 Å². The van der Waals surface area contributed by atoms with E-state index in [0.29, 0.717) is 0 Å². The molecule has 0 amide bonds. The summed E-state index contributed by atoms with van der Waals surface area (Å²) in [4.78, 5) is 2.30. The Bertz CT molecular complexity index is 1360. The maximum Gasteiger partial charge on any atom is 0.0461 e. The molecule has 32 heavy (non-hydrogen) atoms. The number of para-hydroxylation sites is 2. The molecule has 0 aromatic heterocycles. The summed E-state index contributed by atoms with van der Waals surface area (Å²) in [5.41, 5.74) is 7.48. The predicted octanol–water partition coefficient (Wildman–Crippen LogP) is 8.47. The second kappa shape index (κ2) is 7.86. The van der Waals surface area contributed by atoms with Crippen LogP contribution in [-0.2, 0) is 0 Å². The highest BCUT2D eigenvalue weighted by atomic mass is 15.1. The molecule has 0 N–H and O–H groups in total. The van der Waals surface area contributed by atoms with E-state index in [9.17, 15) is 0 Å². The van der Waals surface area contributed by atoms with E-state index in [1.54, 1.807) is 0 Å². The lowest BCUT2D eigenvalue weighted by atomic mass is 9.82. The summed E-state index contributed by atoms with van der Waals surface area (Å²) < 4.78 is 0. The molecule has 0 heterocycles. The number of anilines is 3. The smallest absolute Gasteiger partial charge is 0.0461 e. The average molecular weight is 410 g/mol. The van der Waals surface area contributed by atoms with Crippen molar-refractivity contribution >= 4 is 33.9 Å². The lowest BCUT2D eigenvalue weighted by Crippen LogP contribution is -2.10. The largest absolute Gasteiger partial charge is 0.311 e. The SMILES string of the molecule is C1=CC(c2ccc(N(c3ccccc3)c3ccccc3)cc2)c2cccc3cccc1c23. The molecule has 6 rings (SSSR count). The Balaban J connectivity index is 1.41. The van der Waals surface area contributed by atoms with Crippen LogP contribution in [0.1, 0.15) is 22.6 Å². The van der Waals surface area contributed by atoms with E-state index in [0.717, 1.165) is 17.1 Å². The Labute approximate surface area is 188 Å². The molecule has 0 saturated carbocycles. The molecule has 1 nitrogen and oxygen atoms in total. The van der Waals surface area contributed by atoms with Crippen molar-refractivity contribution in [2.75, 3.05) is 4.90 Å². The maximum absolute atomic E-state index is 2.33. The van der Waals surface area contributed by atoms with Gasteiger partial charge in [-0.3, -0.25) is 0 Å². The molecular formula is C31H23N. The Hall–Kier alpha value is -4.10. The van der Waals surface area contributed by atoms with E-state index >= 15 is 0 Å². The minimum atomic E-state index is 0.268. The molecule has 5 aromatic carbocycles. The van der Waals surface area contributed by atoms with Gasteiger partial charge >= 0.3 is 0 Å². The normalized spacial score (nSPS) is 14.4. The number of hydrogen-bond donors (Lipinski definition) is 0. The maximum atomic E-state index is 2.33. The summed E-state index contributed by atoms with van der Waals surface area (Å²) in [6.07, 6.45) is 4.60. The molecular weight excluding hydrogens is 386 g/mol. The molecule has 1 aliphatic carbocycles. The van der Waals surface area contributed by atoms with Gasteiger partial charge in [0, 0.05) is 23.0 Å². The molecule has 152 valence electrons. The van der Waals surface area contributed by atoms with Gasteiger partial charge in [-0.2, -0.15) is 0 Å². The van der Waals surface area contributed by atoms with E-state index in [4.69, 9.17) is 0 Å². The highest BCUT2D eigenvalue weighted by Gasteiger charge is 2.20. The quantitative estimate of drug-likeness (QED) is 0.288. The van der Waals surface area contributed by atoms with Crippen molar-refractivity contribution in [1.29, 1.82) is 0 Å². The number of allylic oxidation sites excluding steroid dienone is 1. The summed E-state index contributed by atoms with van der Waals surface area (Å²) in [7, 11) is 0. The molecule has 1 unspecified atom stereocenters. The van der Waals surface area contributed by atoms with Crippen LogP contribution in [0, 0.1) is 0 Å². The van der Waals surface area contributed by atoms with Gasteiger partial charge in [0.05, 0.1) is 0 Å². The molecule has 1 heteroatoms. The van der Waals surface area contributed by atoms with Crippen LogP contribution < -0.4 is 4.90 Å². The first-order chi connectivity index (χ1) is 15.9. The van der Waals surface area contributed by atoms with Crippen molar-refractivity contribution in [3.8, 4) is 0 Å². The molecule has 0 spiro atoms. The third-order valence-corrected chi connectivity index (χ3v) is 6.31. The molecule has 0 radical (unpaired) electrons. The molecule has 0 saturated heterocycles. The molecule has 1 atom stereocenters. The summed E-state index contributed by atoms with van der Waals surface area (Å²) in [6, 6.07) is 43.3. The minimum absolute atomic E-state index is 0.268. The van der Waals surface area contributed by atoms with Gasteiger partial charge in [-0.1, -0.05) is 97.1 Å². The average Bonchev–Trinajstić information content (AvgIpc) is 2.87. The summed E-state index contributed by atoms with van der Waals surface area (Å²) >= 11 is 0. The molecule has 0 aliphatic heterocycles. The minimum Gasteiger partial charge on any atom is -0.311 e. The lowest BCUT2D eigenvalue weighted by Gasteiger charge is -2.26. The van der Waals surface area contributed by atoms with E-state index in [1.165, 1.54) is 27.5 Å². The van der Waals surface area contributed by atoms with Crippen LogP contribution >= 0.6 is 0 Å². The van der Waals surface area contributed by atoms with Gasteiger partial charge in [0.2, 0.25) is 0 Å². The Morgan fingerprint density at radius 2 is 1.09 bits per heavy atom. The van der Waals surface area contributed by atoms with Crippen molar-refractivity contribution in [1.82, 2.24) is 0 Å². The number of hydrogen-bond acceptors (Lipinski definition) is 1. The lowest BCUT2D eigenvalue weighted by molar-refractivity contribution is 1.04. The second-order valence-corrected chi connectivity index (χ2v) is 8.23. The van der Waals surface area contributed by atoms with Gasteiger partial charge in [0.1, 0.15) is 0 Å². The first-order valence-electron chi connectivity index (χ1n) is 11.1. The van der Waals surface area contributed by atoms with E-state index < -0.39 is 0 Å². The molecule has 0 bridgehead atoms. The van der Waals surface area contributed by atoms with E-state index in [1.807, 2.05) is 0 Å². The van der Waals surface area contributed by atoms with Gasteiger partial charge in [0.15, 0.2) is 0 Å². The van der Waals surface area contributed by atoms with E-state index in [-0.39, 0.29) is 5.92 Å². The van der Waals surface area contributed by atoms with Gasteiger partial charge in [-0.25, -0.2) is 0 Å². The number of benzene rings is 5. The summed E-state index contributed by atoms with van der Waals surface area (Å²) in [5.74, 6) is 0.268. The molecule has 5 aromatic rings. The predicted molar refractivity (Wildman–Crippen MR) is 136 cm³/mol. The van der Waals surface area contributed by atoms with Crippen LogP contribution in [-0.4, -0.2) is 0 Å². The van der Waals surface area contributed by atoms with Gasteiger partial charge in [-0.05, 0) is 63.9 Å². The second-order valence-electron chi connectivity index (χ2n) is 8.23. The van der Waals surface area contributed by atoms with Crippen LogP contribution in [0.25, 0.3) is 16.8 Å². The third-order valence-electron chi connectivity index (χ3n) is 6.31. The van der Waals surface area contributed by atoms with E-state index in [2.05, 4.69) is 138 Å². The third kappa shape index (κ3) is 3.19. The van der Waals surface area contributed by atoms with Gasteiger partial charge in [-0.15, -0.1) is 0 Å². The zero-order chi connectivity index (χ0) is 21.3. The highest BCUT2D eigenvalue weighted by Crippen LogP contribution is 2.40. The van der Waals surface area contributed by atoms with Gasteiger partial charge in [0.25, 0.3) is 0 Å². The Morgan fingerprint density at radius 3 is 1.75 bits per heavy atom. The van der Waals surface area contributed by atoms with Crippen LogP contribution in [0.5, 0.6) is 0 Å². The van der Waals surface area contributed by atoms with Crippen molar-refractivity contribution in [2.24, 2.45) is 0 Å². The van der Waals surface area contributed by atoms with Crippen LogP contribution in [0.15, 0.2) is 127 Å². The Kier molecular flexibility index (Phi) is 4.58. The molecule has 0 fully saturated rings. The summed E-state index contributed by atoms with van der Waals surface area (Å²) in [6.45, 7) is 0. The van der Waals surface area contributed by atoms with Gasteiger partial charge < -0.3 is 4.90 Å². The van der Waals surface area contributed by atoms with Crippen molar-refractivity contribution < 1.29 is 0 Å². The van der Waals surface area contributed by atoms with Crippen LogP contribution in [0.4, 0.5) is 17.1 Å². The fraction of sp³-hybridized carbons (Fsp3) is 0.0323. The first kappa shape index (κ1) is 18.7. The number of nitrogens with zero attached hydrogens (tertiary/aromatic N) is 1. The zero-order valence-electron chi connectivity index (χ0n) is 17.7. The van der Waals surface area contributed by atoms with Crippen molar-refractivity contribution in [2.45, 2.75) is 5.92 Å². The molecule has 1 aliphatic rings.